The highest BCUT2D eigenvalue weighted by Crippen LogP contribution is 2.26. The van der Waals surface area contributed by atoms with Gasteiger partial charge in [0.25, 0.3) is 5.91 Å². The summed E-state index contributed by atoms with van der Waals surface area (Å²) in [7, 11) is 0. The first-order valence-electron chi connectivity index (χ1n) is 10.2. The van der Waals surface area contributed by atoms with Gasteiger partial charge < -0.3 is 20.7 Å². The molecule has 2 fully saturated rings. The molecule has 3 amide bonds. The second kappa shape index (κ2) is 8.20. The van der Waals surface area contributed by atoms with E-state index in [1.54, 1.807) is 0 Å². The van der Waals surface area contributed by atoms with Gasteiger partial charge in [0.15, 0.2) is 5.65 Å². The van der Waals surface area contributed by atoms with E-state index in [2.05, 4.69) is 41.1 Å². The third-order valence-corrected chi connectivity index (χ3v) is 4.93. The van der Waals surface area contributed by atoms with E-state index in [-0.39, 0.29) is 30.0 Å². The number of aromatic nitrogens is 4. The average Bonchev–Trinajstić information content (AvgIpc) is 3.40. The molecule has 11 nitrogen and oxygen atoms in total. The fourth-order valence-corrected chi connectivity index (χ4v) is 3.21. The van der Waals surface area contributed by atoms with Crippen molar-refractivity contribution >= 4 is 35.6 Å². The normalized spacial score (nSPS) is 17.1. The Kier molecular flexibility index (Phi) is 5.18. The predicted octanol–water partition coefficient (Wildman–Crippen LogP) is 2.39. The highest BCUT2D eigenvalue weighted by atomic mass is 19.4. The molecule has 1 aromatic carbocycles. The summed E-state index contributed by atoms with van der Waals surface area (Å²) in [5.74, 6) is -0.198. The Bertz CT molecular complexity index is 1300. The second-order valence-corrected chi connectivity index (χ2v) is 7.64. The smallest absolute Gasteiger partial charge is 0.406 e. The van der Waals surface area contributed by atoms with Crippen LogP contribution in [0, 0.1) is 0 Å². The zero-order valence-electron chi connectivity index (χ0n) is 17.3. The molecule has 1 saturated carbocycles. The number of fused-ring (bicyclic) bond motifs is 1. The monoisotopic (exact) mass is 474 g/mol. The Labute approximate surface area is 189 Å². The predicted molar refractivity (Wildman–Crippen MR) is 113 cm³/mol. The number of carbonyl (C=O) groups excluding carboxylic acids is 2. The topological polar surface area (TPSA) is 135 Å². The van der Waals surface area contributed by atoms with Crippen LogP contribution in [0.25, 0.3) is 11.7 Å². The number of halogens is 3. The second-order valence-electron chi connectivity index (χ2n) is 7.64. The maximum atomic E-state index is 12.3. The number of amides is 3. The molecule has 4 N–H and O–H groups in total. The van der Waals surface area contributed by atoms with E-state index in [0.29, 0.717) is 22.7 Å². The molecule has 0 unspecified atom stereocenters. The van der Waals surface area contributed by atoms with E-state index in [4.69, 9.17) is 0 Å². The van der Waals surface area contributed by atoms with Crippen LogP contribution in [0.1, 0.15) is 24.0 Å². The Morgan fingerprint density at radius 1 is 1.15 bits per heavy atom. The molecule has 0 radical (unpaired) electrons. The fourth-order valence-electron chi connectivity index (χ4n) is 3.21. The van der Waals surface area contributed by atoms with Gasteiger partial charge in [0, 0.05) is 18.2 Å². The molecule has 3 heterocycles. The van der Waals surface area contributed by atoms with E-state index in [9.17, 15) is 22.8 Å². The molecule has 3 aromatic rings. The molecule has 176 valence electrons. The molecule has 1 saturated heterocycles. The van der Waals surface area contributed by atoms with Gasteiger partial charge in [0.05, 0.1) is 6.20 Å². The summed E-state index contributed by atoms with van der Waals surface area (Å²) >= 11 is 0. The number of ether oxygens (including phenoxy) is 1. The lowest BCUT2D eigenvalue weighted by atomic mass is 10.2. The Balaban J connectivity index is 1.40. The first kappa shape index (κ1) is 21.5. The molecule has 2 aliphatic rings. The zero-order valence-corrected chi connectivity index (χ0v) is 17.3. The van der Waals surface area contributed by atoms with Gasteiger partial charge in [-0.25, -0.2) is 4.79 Å². The molecule has 5 rings (SSSR count). The van der Waals surface area contributed by atoms with Crippen molar-refractivity contribution in [2.24, 2.45) is 0 Å². The van der Waals surface area contributed by atoms with Crippen LogP contribution >= 0.6 is 0 Å². The number of rotatable bonds is 7. The number of benzene rings is 1. The number of anilines is 2. The van der Waals surface area contributed by atoms with Gasteiger partial charge in [-0.1, -0.05) is 12.1 Å². The van der Waals surface area contributed by atoms with E-state index in [1.807, 2.05) is 0 Å². The molecule has 14 heteroatoms. The van der Waals surface area contributed by atoms with Gasteiger partial charge in [-0.15, -0.1) is 13.2 Å². The van der Waals surface area contributed by atoms with Gasteiger partial charge in [0.1, 0.15) is 11.4 Å². The number of nitrogens with zero attached hydrogens (tertiary/aromatic N) is 4. The van der Waals surface area contributed by atoms with Gasteiger partial charge in [-0.05, 0) is 36.6 Å². The molecular formula is C20H17F3N8O3. The third kappa shape index (κ3) is 4.84. The summed E-state index contributed by atoms with van der Waals surface area (Å²) in [6.07, 6.45) is 0.180. The maximum absolute atomic E-state index is 12.3. The lowest BCUT2D eigenvalue weighted by Crippen LogP contribution is -2.22. The minimum atomic E-state index is -4.76. The highest BCUT2D eigenvalue weighted by Gasteiger charge is 2.31. The number of nitrogens with one attached hydrogen (secondary N) is 4. The van der Waals surface area contributed by atoms with Crippen molar-refractivity contribution in [1.82, 2.24) is 30.2 Å². The number of alkyl halides is 3. The number of urea groups is 1. The van der Waals surface area contributed by atoms with E-state index >= 15 is 0 Å². The van der Waals surface area contributed by atoms with Gasteiger partial charge in [-0.2, -0.15) is 19.6 Å². The quantitative estimate of drug-likeness (QED) is 0.303. The number of carbonyl (C=O) groups is 2. The molecular weight excluding hydrogens is 457 g/mol. The minimum absolute atomic E-state index is 0.0610. The molecule has 1 aliphatic carbocycles. The molecule has 0 atom stereocenters. The van der Waals surface area contributed by atoms with Crippen molar-refractivity contribution in [3.05, 3.63) is 47.3 Å². The maximum Gasteiger partial charge on any atom is 0.573 e. The van der Waals surface area contributed by atoms with Crippen LogP contribution in [0.5, 0.6) is 5.75 Å². The van der Waals surface area contributed by atoms with Gasteiger partial charge >= 0.3 is 12.4 Å². The van der Waals surface area contributed by atoms with Crippen LogP contribution < -0.4 is 26.0 Å². The number of imide groups is 1. The van der Waals surface area contributed by atoms with Crippen LogP contribution in [0.15, 0.2) is 36.2 Å². The van der Waals surface area contributed by atoms with Crippen LogP contribution in [0.3, 0.4) is 0 Å². The van der Waals surface area contributed by atoms with Crippen LogP contribution in [-0.2, 0) is 11.3 Å². The van der Waals surface area contributed by atoms with Crippen molar-refractivity contribution < 1.29 is 27.5 Å². The first-order valence-corrected chi connectivity index (χ1v) is 10.2. The summed E-state index contributed by atoms with van der Waals surface area (Å²) in [6.45, 7) is 0.231. The molecule has 1 aliphatic heterocycles. The van der Waals surface area contributed by atoms with E-state index in [1.165, 1.54) is 41.1 Å². The van der Waals surface area contributed by atoms with Gasteiger partial charge in [0.2, 0.25) is 11.9 Å². The fraction of sp³-hybridized carbons (Fsp3) is 0.250. The number of hydrogen-bond donors (Lipinski definition) is 4. The highest BCUT2D eigenvalue weighted by molar-refractivity contribution is 6.14. The summed E-state index contributed by atoms with van der Waals surface area (Å²) in [6, 6.07) is 5.07. The standard InChI is InChI=1S/C20H17F3N8O3/c21-20(22,23)34-13-5-1-10(2-6-13)8-24-17-28-15-11(7-14-16(32)29-19(33)27-14)9-25-31(15)18(30-17)26-12-3-4-12/h1-2,5-7,9,12H,3-4,8H2,(H2,24,26,28,30)(H2,27,29,32,33)/b14-7-. The molecule has 34 heavy (non-hydrogen) atoms. The van der Waals surface area contributed by atoms with E-state index in [0.717, 1.165) is 12.8 Å². The van der Waals surface area contributed by atoms with Crippen molar-refractivity contribution in [3.63, 3.8) is 0 Å². The zero-order chi connectivity index (χ0) is 23.9. The largest absolute Gasteiger partial charge is 0.573 e. The Morgan fingerprint density at radius 2 is 1.91 bits per heavy atom. The minimum Gasteiger partial charge on any atom is -0.406 e. The first-order chi connectivity index (χ1) is 16.2. The average molecular weight is 474 g/mol. The summed E-state index contributed by atoms with van der Waals surface area (Å²) in [4.78, 5) is 32.2. The van der Waals surface area contributed by atoms with Crippen LogP contribution in [-0.4, -0.2) is 43.9 Å². The summed E-state index contributed by atoms with van der Waals surface area (Å²) in [5, 5.41) is 15.1. The Hall–Kier alpha value is -4.36. The van der Waals surface area contributed by atoms with Crippen molar-refractivity contribution in [2.75, 3.05) is 10.6 Å². The third-order valence-electron chi connectivity index (χ3n) is 4.93. The van der Waals surface area contributed by atoms with Crippen molar-refractivity contribution in [3.8, 4) is 5.75 Å². The van der Waals surface area contributed by atoms with Crippen LogP contribution in [0.4, 0.5) is 29.9 Å². The van der Waals surface area contributed by atoms with Crippen LogP contribution in [0.2, 0.25) is 0 Å². The SMILES string of the molecule is O=C1NC(=O)/C(=C/c2cnn3c(NC4CC4)nc(NCc4ccc(OC(F)(F)F)cc4)nc23)N1. The summed E-state index contributed by atoms with van der Waals surface area (Å²) < 4.78 is 42.4. The van der Waals surface area contributed by atoms with Crippen molar-refractivity contribution in [2.45, 2.75) is 31.8 Å². The van der Waals surface area contributed by atoms with Crippen molar-refractivity contribution in [1.29, 1.82) is 0 Å². The molecule has 2 aromatic heterocycles. The Morgan fingerprint density at radius 3 is 2.56 bits per heavy atom. The lowest BCUT2D eigenvalue weighted by Gasteiger charge is -2.11. The van der Waals surface area contributed by atoms with Gasteiger partial charge in [-0.3, -0.25) is 10.1 Å². The number of hydrogen-bond acceptors (Lipinski definition) is 8. The van der Waals surface area contributed by atoms with E-state index < -0.39 is 18.3 Å². The summed E-state index contributed by atoms with van der Waals surface area (Å²) in [5.41, 5.74) is 1.60. The molecule has 0 bridgehead atoms. The lowest BCUT2D eigenvalue weighted by molar-refractivity contribution is -0.274. The molecule has 0 spiro atoms.